The smallest absolute Gasteiger partial charge is 0.399 e. The molecular formula is C21H36N3O12P. The molecule has 37 heavy (non-hydrogen) atoms. The molecule has 0 saturated carbocycles. The Morgan fingerprint density at radius 2 is 1.81 bits per heavy atom. The topological polar surface area (TPSA) is 220 Å². The number of hydrogen-bond donors (Lipinski definition) is 6. The summed E-state index contributed by atoms with van der Waals surface area (Å²) in [6.45, 7) is 2.62. The zero-order chi connectivity index (χ0) is 28.3. The number of aliphatic hydroxyl groups excluding tert-OH is 3. The van der Waals surface area contributed by atoms with E-state index in [0.29, 0.717) is 11.3 Å². The van der Waals surface area contributed by atoms with Crippen molar-refractivity contribution in [3.63, 3.8) is 0 Å². The summed E-state index contributed by atoms with van der Waals surface area (Å²) in [4.78, 5) is 38.1. The third kappa shape index (κ3) is 10.2. The lowest BCUT2D eigenvalue weighted by Crippen LogP contribution is -2.65. The van der Waals surface area contributed by atoms with Crippen molar-refractivity contribution in [3.05, 3.63) is 29.8 Å². The Labute approximate surface area is 214 Å². The second kappa shape index (κ2) is 15.3. The average molecular weight is 554 g/mol. The fourth-order valence-electron chi connectivity index (χ4n) is 3.37. The number of carbonyl (C=O) groups excluding carboxylic acids is 2. The molecule has 0 radical (unpaired) electrons. The summed E-state index contributed by atoms with van der Waals surface area (Å²) in [7, 11) is 0.494. The number of rotatable bonds is 10. The summed E-state index contributed by atoms with van der Waals surface area (Å²) >= 11 is 0. The highest BCUT2D eigenvalue weighted by molar-refractivity contribution is 7.50. The molecule has 1 aromatic rings. The Hall–Kier alpha value is -2.17. The Balaban J connectivity index is 0.00000102. The molecule has 2 unspecified atom stereocenters. The molecule has 0 bridgehead atoms. The number of nitrogens with two attached hydrogens (primary N) is 1. The minimum Gasteiger partial charge on any atom is -0.497 e. The fraction of sp³-hybridized carbons (Fsp3) is 0.619. The summed E-state index contributed by atoms with van der Waals surface area (Å²) in [5.41, 5.74) is 4.95. The molecule has 1 saturated heterocycles. The van der Waals surface area contributed by atoms with Gasteiger partial charge in [0.1, 0.15) is 24.0 Å². The van der Waals surface area contributed by atoms with Gasteiger partial charge < -0.3 is 44.3 Å². The van der Waals surface area contributed by atoms with Crippen molar-refractivity contribution < 1.29 is 57.9 Å². The Bertz CT molecular complexity index is 899. The summed E-state index contributed by atoms with van der Waals surface area (Å²) in [6, 6.07) is 4.40. The maximum Gasteiger partial charge on any atom is 0.399 e. The number of ether oxygens (including phenoxy) is 3. The standard InChI is InChI=1S/C20H30N2O9.CH6NO3P/c1-5-29-22(3)16(12-6-8-13(28-4)9-7-12)20(27)31-18-15(21-11(2)24)19(26)30-14(10-23)17(18)25;1-5-6(2,3)4/h6-9,14-19,23,25-26H,5,10H2,1-4H3,(H,21,24);1H3,(H3,2,3,4)/t14-,15-,16+,17-,18-,19?;/m1./s1. The van der Waals surface area contributed by atoms with Crippen LogP contribution in [0.4, 0.5) is 0 Å². The molecule has 7 N–H and O–H groups in total. The van der Waals surface area contributed by atoms with Gasteiger partial charge in [-0.1, -0.05) is 12.1 Å². The summed E-state index contributed by atoms with van der Waals surface area (Å²) in [5.74, 6) is -0.734. The SMILES string of the molecule is CCON(C)[C@H](C(=O)O[C@H]1[C@H](O)[C@@H](CO)OC(O)[C@@H]1NC(C)=O)c1ccc(OC)cc1.COP(N)(=O)O. The van der Waals surface area contributed by atoms with Crippen molar-refractivity contribution in [2.75, 3.05) is 34.5 Å². The van der Waals surface area contributed by atoms with Crippen molar-refractivity contribution in [2.24, 2.45) is 5.50 Å². The van der Waals surface area contributed by atoms with E-state index in [4.69, 9.17) is 23.9 Å². The van der Waals surface area contributed by atoms with Crippen molar-refractivity contribution >= 4 is 19.6 Å². The van der Waals surface area contributed by atoms with Crippen molar-refractivity contribution in [3.8, 4) is 5.75 Å². The van der Waals surface area contributed by atoms with Gasteiger partial charge in [0.25, 0.3) is 0 Å². The van der Waals surface area contributed by atoms with Crippen LogP contribution in [-0.2, 0) is 33.0 Å². The molecule has 1 aromatic carbocycles. The van der Waals surface area contributed by atoms with Crippen LogP contribution in [0.1, 0.15) is 25.5 Å². The van der Waals surface area contributed by atoms with E-state index >= 15 is 0 Å². The molecule has 0 spiro atoms. The van der Waals surface area contributed by atoms with Gasteiger partial charge in [-0.3, -0.25) is 9.63 Å². The number of hydrogen-bond acceptors (Lipinski definition) is 12. The van der Waals surface area contributed by atoms with Gasteiger partial charge in [-0.15, -0.1) is 0 Å². The number of benzene rings is 1. The number of likely N-dealkylation sites (N-methyl/N-ethyl adjacent to an activating group) is 1. The van der Waals surface area contributed by atoms with Crippen LogP contribution in [-0.4, -0.2) is 102 Å². The van der Waals surface area contributed by atoms with Gasteiger partial charge in [-0.25, -0.2) is 14.9 Å². The van der Waals surface area contributed by atoms with E-state index in [1.807, 2.05) is 0 Å². The van der Waals surface area contributed by atoms with Gasteiger partial charge in [0, 0.05) is 21.1 Å². The van der Waals surface area contributed by atoms with Crippen LogP contribution in [0.3, 0.4) is 0 Å². The number of nitrogens with one attached hydrogen (secondary N) is 1. The first-order chi connectivity index (χ1) is 17.3. The second-order valence-electron chi connectivity index (χ2n) is 7.75. The molecule has 1 aliphatic heterocycles. The highest BCUT2D eigenvalue weighted by Crippen LogP contribution is 2.29. The van der Waals surface area contributed by atoms with Crippen LogP contribution in [0.25, 0.3) is 0 Å². The molecule has 7 atom stereocenters. The number of nitrogens with zero attached hydrogens (tertiary/aromatic N) is 1. The molecule has 1 aliphatic rings. The molecule has 1 fully saturated rings. The maximum absolute atomic E-state index is 13.2. The molecule has 0 aliphatic carbocycles. The number of hydroxylamine groups is 2. The van der Waals surface area contributed by atoms with Gasteiger partial charge in [0.15, 0.2) is 18.4 Å². The predicted molar refractivity (Wildman–Crippen MR) is 128 cm³/mol. The highest BCUT2D eigenvalue weighted by Gasteiger charge is 2.48. The highest BCUT2D eigenvalue weighted by atomic mass is 31.2. The number of aliphatic hydroxyl groups is 3. The second-order valence-corrected chi connectivity index (χ2v) is 9.25. The molecule has 0 aromatic heterocycles. The number of carbonyl (C=O) groups is 2. The van der Waals surface area contributed by atoms with Crippen molar-refractivity contribution in [2.45, 2.75) is 50.5 Å². The van der Waals surface area contributed by atoms with E-state index in [9.17, 15) is 29.5 Å². The van der Waals surface area contributed by atoms with Gasteiger partial charge in [0.2, 0.25) is 5.91 Å². The summed E-state index contributed by atoms with van der Waals surface area (Å²) < 4.78 is 29.3. The molecule has 2 rings (SSSR count). The third-order valence-corrected chi connectivity index (χ3v) is 5.63. The first-order valence-electron chi connectivity index (χ1n) is 11.1. The average Bonchev–Trinajstić information content (AvgIpc) is 2.84. The van der Waals surface area contributed by atoms with Gasteiger partial charge in [0.05, 0.1) is 20.3 Å². The Morgan fingerprint density at radius 3 is 2.24 bits per heavy atom. The minimum atomic E-state index is -3.65. The zero-order valence-electron chi connectivity index (χ0n) is 21.2. The summed E-state index contributed by atoms with van der Waals surface area (Å²) in [5, 5.41) is 33.9. The lowest BCUT2D eigenvalue weighted by Gasteiger charge is -2.42. The van der Waals surface area contributed by atoms with Crippen LogP contribution in [0.2, 0.25) is 0 Å². The lowest BCUT2D eigenvalue weighted by atomic mass is 9.96. The summed E-state index contributed by atoms with van der Waals surface area (Å²) in [6.07, 6.45) is -5.69. The van der Waals surface area contributed by atoms with Crippen molar-refractivity contribution in [1.29, 1.82) is 0 Å². The van der Waals surface area contributed by atoms with E-state index in [2.05, 4.69) is 15.3 Å². The molecule has 15 nitrogen and oxygen atoms in total. The normalized spacial score (nSPS) is 25.8. The fourth-order valence-corrected chi connectivity index (χ4v) is 3.37. The monoisotopic (exact) mass is 553 g/mol. The van der Waals surface area contributed by atoms with Crippen molar-refractivity contribution in [1.82, 2.24) is 10.4 Å². The number of amides is 1. The Morgan fingerprint density at radius 1 is 1.24 bits per heavy atom. The lowest BCUT2D eigenvalue weighted by molar-refractivity contribution is -0.262. The largest absolute Gasteiger partial charge is 0.497 e. The first kappa shape index (κ1) is 32.9. The first-order valence-corrected chi connectivity index (χ1v) is 12.7. The number of methoxy groups -OCH3 is 1. The molecule has 212 valence electrons. The molecular weight excluding hydrogens is 517 g/mol. The van der Waals surface area contributed by atoms with Crippen LogP contribution < -0.4 is 15.6 Å². The van der Waals surface area contributed by atoms with Crippen LogP contribution >= 0.6 is 7.75 Å². The number of esters is 1. The van der Waals surface area contributed by atoms with Gasteiger partial charge in [-0.2, -0.15) is 5.06 Å². The molecule has 16 heteroatoms. The van der Waals surface area contributed by atoms with E-state index in [-0.39, 0.29) is 6.61 Å². The van der Waals surface area contributed by atoms with Crippen LogP contribution in [0.15, 0.2) is 24.3 Å². The van der Waals surface area contributed by atoms with E-state index in [1.54, 1.807) is 38.2 Å². The van der Waals surface area contributed by atoms with Crippen LogP contribution in [0, 0.1) is 0 Å². The van der Waals surface area contributed by atoms with E-state index < -0.39 is 62.9 Å². The third-order valence-electron chi connectivity index (χ3n) is 5.11. The zero-order valence-corrected chi connectivity index (χ0v) is 22.1. The van der Waals surface area contributed by atoms with Crippen LogP contribution in [0.5, 0.6) is 5.75 Å². The minimum absolute atomic E-state index is 0.288. The van der Waals surface area contributed by atoms with E-state index in [0.717, 1.165) is 7.11 Å². The van der Waals surface area contributed by atoms with Gasteiger partial charge in [-0.05, 0) is 24.6 Å². The Kier molecular flexibility index (Phi) is 13.6. The van der Waals surface area contributed by atoms with E-state index in [1.165, 1.54) is 19.1 Å². The quantitative estimate of drug-likeness (QED) is 0.114. The molecule has 1 amide bonds. The maximum atomic E-state index is 13.2. The molecule has 1 heterocycles. The predicted octanol–water partition coefficient (Wildman–Crippen LogP) is -1.20. The van der Waals surface area contributed by atoms with Gasteiger partial charge >= 0.3 is 13.7 Å².